The second kappa shape index (κ2) is 2.31. The Labute approximate surface area is 68.4 Å². The number of carbonyl (C=O) groups excluding carboxylic acids is 1. The Bertz CT molecular complexity index is 174. The first-order valence-corrected chi connectivity index (χ1v) is 4.16. The number of Topliss-reactive ketones (excluding diaryl/α,β-unsaturated/α-hetero) is 1. The molecule has 0 aromatic carbocycles. The highest BCUT2D eigenvalue weighted by atomic mass is 16.1. The summed E-state index contributed by atoms with van der Waals surface area (Å²) in [4.78, 5) is 11.7. The van der Waals surface area contributed by atoms with Gasteiger partial charge in [0.15, 0.2) is 5.78 Å². The van der Waals surface area contributed by atoms with Crippen LogP contribution in [0.15, 0.2) is 0 Å². The van der Waals surface area contributed by atoms with Crippen LogP contribution in [0.25, 0.3) is 0 Å². The van der Waals surface area contributed by atoms with Gasteiger partial charge in [0, 0.05) is 5.41 Å². The zero-order valence-corrected chi connectivity index (χ0v) is 7.82. The van der Waals surface area contributed by atoms with Gasteiger partial charge in [-0.15, -0.1) is 0 Å². The third kappa shape index (κ3) is 1.45. The maximum Gasteiger partial charge on any atom is 0.158 e. The van der Waals surface area contributed by atoms with Gasteiger partial charge in [0.1, 0.15) is 0 Å². The van der Waals surface area contributed by atoms with E-state index >= 15 is 0 Å². The average molecular weight is 155 g/mol. The van der Waals surface area contributed by atoms with Gasteiger partial charge < -0.3 is 5.32 Å². The summed E-state index contributed by atoms with van der Waals surface area (Å²) in [5.74, 6) is 0.354. The smallest absolute Gasteiger partial charge is 0.158 e. The van der Waals surface area contributed by atoms with Crippen molar-refractivity contribution in [1.29, 1.82) is 0 Å². The molecule has 0 heterocycles. The van der Waals surface area contributed by atoms with Crippen LogP contribution in [0.3, 0.4) is 0 Å². The Morgan fingerprint density at radius 3 is 1.91 bits per heavy atom. The van der Waals surface area contributed by atoms with Gasteiger partial charge >= 0.3 is 0 Å². The molecule has 0 unspecified atom stereocenters. The molecule has 1 rings (SSSR count). The van der Waals surface area contributed by atoms with Crippen LogP contribution >= 0.6 is 0 Å². The predicted octanol–water partition coefficient (Wildman–Crippen LogP) is 1.35. The molecule has 1 aliphatic rings. The summed E-state index contributed by atoms with van der Waals surface area (Å²) in [6.45, 7) is 5.94. The summed E-state index contributed by atoms with van der Waals surface area (Å²) >= 11 is 0. The molecule has 0 amide bonds. The van der Waals surface area contributed by atoms with Crippen LogP contribution in [0.1, 0.15) is 33.6 Å². The molecule has 1 aliphatic carbocycles. The van der Waals surface area contributed by atoms with E-state index in [4.69, 9.17) is 0 Å². The van der Waals surface area contributed by atoms with Gasteiger partial charge in [-0.25, -0.2) is 0 Å². The molecule has 0 aromatic rings. The van der Waals surface area contributed by atoms with Gasteiger partial charge in [-0.3, -0.25) is 4.79 Å². The van der Waals surface area contributed by atoms with Gasteiger partial charge in [-0.2, -0.15) is 0 Å². The van der Waals surface area contributed by atoms with Crippen LogP contribution in [0.2, 0.25) is 0 Å². The fourth-order valence-electron chi connectivity index (χ4n) is 1.43. The van der Waals surface area contributed by atoms with Crippen LogP contribution in [0.5, 0.6) is 0 Å². The number of rotatable bonds is 2. The van der Waals surface area contributed by atoms with E-state index in [9.17, 15) is 4.79 Å². The minimum Gasteiger partial charge on any atom is -0.308 e. The SMILES string of the molecule is CNC1(C(=O)C(C)(C)C)CC1. The summed E-state index contributed by atoms with van der Waals surface area (Å²) in [6, 6.07) is 0. The van der Waals surface area contributed by atoms with Gasteiger partial charge in [0.25, 0.3) is 0 Å². The Kier molecular flexibility index (Phi) is 1.83. The van der Waals surface area contributed by atoms with Crippen LogP contribution in [0, 0.1) is 5.41 Å². The molecule has 1 saturated carbocycles. The molecule has 2 heteroatoms. The van der Waals surface area contributed by atoms with E-state index in [0.29, 0.717) is 5.78 Å². The van der Waals surface area contributed by atoms with Gasteiger partial charge in [-0.05, 0) is 19.9 Å². The van der Waals surface area contributed by atoms with E-state index in [1.54, 1.807) is 0 Å². The molecule has 11 heavy (non-hydrogen) atoms. The molecule has 0 aromatic heterocycles. The molecular formula is C9H17NO. The quantitative estimate of drug-likeness (QED) is 0.652. The number of hydrogen-bond acceptors (Lipinski definition) is 2. The number of hydrogen-bond donors (Lipinski definition) is 1. The van der Waals surface area contributed by atoms with E-state index < -0.39 is 0 Å². The minimum absolute atomic E-state index is 0.155. The maximum absolute atomic E-state index is 11.7. The molecule has 0 aliphatic heterocycles. The number of carbonyl (C=O) groups is 1. The summed E-state index contributed by atoms with van der Waals surface area (Å²) in [6.07, 6.45) is 2.03. The van der Waals surface area contributed by atoms with Crippen molar-refractivity contribution in [3.8, 4) is 0 Å². The van der Waals surface area contributed by atoms with E-state index in [1.807, 2.05) is 27.8 Å². The predicted molar refractivity (Wildman–Crippen MR) is 45.5 cm³/mol. The third-order valence-corrected chi connectivity index (χ3v) is 2.34. The molecule has 0 bridgehead atoms. The molecule has 0 radical (unpaired) electrons. The first-order valence-electron chi connectivity index (χ1n) is 4.16. The fourth-order valence-corrected chi connectivity index (χ4v) is 1.43. The molecular weight excluding hydrogens is 138 g/mol. The lowest BCUT2D eigenvalue weighted by molar-refractivity contribution is -0.129. The van der Waals surface area contributed by atoms with E-state index in [-0.39, 0.29) is 11.0 Å². The fraction of sp³-hybridized carbons (Fsp3) is 0.889. The second-order valence-electron chi connectivity index (χ2n) is 4.41. The minimum atomic E-state index is -0.195. The van der Waals surface area contributed by atoms with Gasteiger partial charge in [0.2, 0.25) is 0 Å². The molecule has 2 nitrogen and oxygen atoms in total. The van der Waals surface area contributed by atoms with Crippen molar-refractivity contribution in [2.75, 3.05) is 7.05 Å². The van der Waals surface area contributed by atoms with Crippen molar-refractivity contribution in [2.24, 2.45) is 5.41 Å². The van der Waals surface area contributed by atoms with Crippen LogP contribution in [0.4, 0.5) is 0 Å². The number of nitrogens with one attached hydrogen (secondary N) is 1. The molecule has 1 N–H and O–H groups in total. The van der Waals surface area contributed by atoms with Gasteiger partial charge in [0.05, 0.1) is 5.54 Å². The van der Waals surface area contributed by atoms with Crippen molar-refractivity contribution < 1.29 is 4.79 Å². The molecule has 0 spiro atoms. The lowest BCUT2D eigenvalue weighted by Crippen LogP contribution is -2.43. The number of likely N-dealkylation sites (N-methyl/N-ethyl adjacent to an activating group) is 1. The van der Waals surface area contributed by atoms with E-state index in [1.165, 1.54) is 0 Å². The molecule has 0 saturated heterocycles. The van der Waals surface area contributed by atoms with Crippen molar-refractivity contribution in [3.05, 3.63) is 0 Å². The molecule has 0 atom stereocenters. The summed E-state index contributed by atoms with van der Waals surface area (Å²) < 4.78 is 0. The highest BCUT2D eigenvalue weighted by Crippen LogP contribution is 2.40. The molecule has 64 valence electrons. The van der Waals surface area contributed by atoms with Crippen LogP contribution in [-0.2, 0) is 4.79 Å². The van der Waals surface area contributed by atoms with Crippen molar-refractivity contribution in [3.63, 3.8) is 0 Å². The van der Waals surface area contributed by atoms with Crippen LogP contribution < -0.4 is 5.32 Å². The zero-order chi connectivity index (χ0) is 8.70. The van der Waals surface area contributed by atoms with Crippen LogP contribution in [-0.4, -0.2) is 18.4 Å². The lowest BCUT2D eigenvalue weighted by Gasteiger charge is -2.23. The van der Waals surface area contributed by atoms with Crippen molar-refractivity contribution in [2.45, 2.75) is 39.2 Å². The zero-order valence-electron chi connectivity index (χ0n) is 7.82. The first kappa shape index (κ1) is 8.72. The number of ketones is 1. The highest BCUT2D eigenvalue weighted by molar-refractivity contribution is 5.95. The molecule has 1 fully saturated rings. The van der Waals surface area contributed by atoms with Crippen molar-refractivity contribution >= 4 is 5.78 Å². The van der Waals surface area contributed by atoms with E-state index in [0.717, 1.165) is 12.8 Å². The van der Waals surface area contributed by atoms with Crippen molar-refractivity contribution in [1.82, 2.24) is 5.32 Å². The lowest BCUT2D eigenvalue weighted by atomic mass is 9.85. The third-order valence-electron chi connectivity index (χ3n) is 2.34. The largest absolute Gasteiger partial charge is 0.308 e. The standard InChI is InChI=1S/C9H17NO/c1-8(2,3)7(11)9(10-4)5-6-9/h10H,5-6H2,1-4H3. The summed E-state index contributed by atoms with van der Waals surface area (Å²) in [7, 11) is 1.87. The normalized spacial score (nSPS) is 21.5. The highest BCUT2D eigenvalue weighted by Gasteiger charge is 2.51. The Morgan fingerprint density at radius 2 is 1.82 bits per heavy atom. The van der Waals surface area contributed by atoms with E-state index in [2.05, 4.69) is 5.32 Å². The first-order chi connectivity index (χ1) is 4.92. The van der Waals surface area contributed by atoms with Gasteiger partial charge in [-0.1, -0.05) is 20.8 Å². The average Bonchev–Trinajstić information content (AvgIpc) is 2.64. The second-order valence-corrected chi connectivity index (χ2v) is 4.41. The Hall–Kier alpha value is -0.370. The summed E-state index contributed by atoms with van der Waals surface area (Å²) in [5.41, 5.74) is -0.349. The maximum atomic E-state index is 11.7. The summed E-state index contributed by atoms with van der Waals surface area (Å²) in [5, 5.41) is 3.11. The monoisotopic (exact) mass is 155 g/mol. The Balaban J connectivity index is 2.69. The Morgan fingerprint density at radius 1 is 1.36 bits per heavy atom. The topological polar surface area (TPSA) is 29.1 Å².